The standard InChI is InChI=1S/C19H18N4O2/c1-12-6-3-4-9-16(12)22-19-20-13(2)10-17(23-19)21-15-8-5-7-14(11-15)18(24)25/h3-11H,1-2H3,(H,24,25)(H2,20,21,22,23). The number of rotatable bonds is 5. The zero-order valence-corrected chi connectivity index (χ0v) is 13.9. The lowest BCUT2D eigenvalue weighted by Gasteiger charge is -2.11. The molecule has 0 unspecified atom stereocenters. The molecule has 0 saturated heterocycles. The van der Waals surface area contributed by atoms with E-state index in [9.17, 15) is 4.79 Å². The highest BCUT2D eigenvalue weighted by atomic mass is 16.4. The van der Waals surface area contributed by atoms with Crippen molar-refractivity contribution in [3.8, 4) is 0 Å². The van der Waals surface area contributed by atoms with Gasteiger partial charge in [0.05, 0.1) is 5.56 Å². The first-order chi connectivity index (χ1) is 12.0. The Balaban J connectivity index is 1.86. The summed E-state index contributed by atoms with van der Waals surface area (Å²) in [7, 11) is 0. The van der Waals surface area contributed by atoms with E-state index in [1.54, 1.807) is 30.3 Å². The molecule has 0 radical (unpaired) electrons. The fourth-order valence-corrected chi connectivity index (χ4v) is 2.40. The zero-order valence-electron chi connectivity index (χ0n) is 13.9. The Kier molecular flexibility index (Phi) is 4.61. The van der Waals surface area contributed by atoms with Crippen molar-refractivity contribution in [1.82, 2.24) is 9.97 Å². The minimum Gasteiger partial charge on any atom is -0.478 e. The molecule has 6 heteroatoms. The van der Waals surface area contributed by atoms with Crippen molar-refractivity contribution in [2.45, 2.75) is 13.8 Å². The van der Waals surface area contributed by atoms with E-state index in [0.29, 0.717) is 17.5 Å². The van der Waals surface area contributed by atoms with Crippen molar-refractivity contribution in [3.63, 3.8) is 0 Å². The summed E-state index contributed by atoms with van der Waals surface area (Å²) >= 11 is 0. The van der Waals surface area contributed by atoms with Gasteiger partial charge in [0.2, 0.25) is 5.95 Å². The summed E-state index contributed by atoms with van der Waals surface area (Å²) in [6, 6.07) is 16.3. The van der Waals surface area contributed by atoms with E-state index in [2.05, 4.69) is 20.6 Å². The molecule has 3 aromatic rings. The number of aromatic nitrogens is 2. The van der Waals surface area contributed by atoms with Gasteiger partial charge in [-0.25, -0.2) is 9.78 Å². The lowest BCUT2D eigenvalue weighted by Crippen LogP contribution is -2.04. The maximum atomic E-state index is 11.1. The molecule has 0 fully saturated rings. The number of para-hydroxylation sites is 1. The first kappa shape index (κ1) is 16.4. The van der Waals surface area contributed by atoms with Crippen molar-refractivity contribution >= 4 is 29.1 Å². The van der Waals surface area contributed by atoms with Crippen LogP contribution in [0.3, 0.4) is 0 Å². The molecule has 3 rings (SSSR count). The van der Waals surface area contributed by atoms with Crippen LogP contribution in [0.15, 0.2) is 54.6 Å². The summed E-state index contributed by atoms with van der Waals surface area (Å²) in [4.78, 5) is 19.9. The zero-order chi connectivity index (χ0) is 17.8. The molecule has 3 N–H and O–H groups in total. The molecule has 126 valence electrons. The minimum absolute atomic E-state index is 0.217. The number of carbonyl (C=O) groups is 1. The lowest BCUT2D eigenvalue weighted by atomic mass is 10.2. The third-order valence-corrected chi connectivity index (χ3v) is 3.63. The minimum atomic E-state index is -0.968. The van der Waals surface area contributed by atoms with Gasteiger partial charge in [-0.1, -0.05) is 24.3 Å². The number of carboxylic acid groups (broad SMARTS) is 1. The van der Waals surface area contributed by atoms with Crippen molar-refractivity contribution in [2.24, 2.45) is 0 Å². The number of carboxylic acids is 1. The second-order valence-corrected chi connectivity index (χ2v) is 5.67. The quantitative estimate of drug-likeness (QED) is 0.645. The van der Waals surface area contributed by atoms with Gasteiger partial charge in [0.25, 0.3) is 0 Å². The second kappa shape index (κ2) is 7.00. The van der Waals surface area contributed by atoms with E-state index < -0.39 is 5.97 Å². The smallest absolute Gasteiger partial charge is 0.335 e. The van der Waals surface area contributed by atoms with E-state index in [0.717, 1.165) is 16.9 Å². The molecule has 0 atom stereocenters. The maximum absolute atomic E-state index is 11.1. The van der Waals surface area contributed by atoms with Crippen LogP contribution in [0.1, 0.15) is 21.6 Å². The van der Waals surface area contributed by atoms with Gasteiger partial charge in [-0.15, -0.1) is 0 Å². The van der Waals surface area contributed by atoms with Gasteiger partial charge in [-0.3, -0.25) is 0 Å². The van der Waals surface area contributed by atoms with Crippen LogP contribution in [0.25, 0.3) is 0 Å². The number of anilines is 4. The average molecular weight is 334 g/mol. The number of benzene rings is 2. The highest BCUT2D eigenvalue weighted by Crippen LogP contribution is 2.21. The lowest BCUT2D eigenvalue weighted by molar-refractivity contribution is 0.0697. The Bertz CT molecular complexity index is 925. The molecular weight excluding hydrogens is 316 g/mol. The molecule has 0 amide bonds. The molecule has 6 nitrogen and oxygen atoms in total. The fourth-order valence-electron chi connectivity index (χ4n) is 2.40. The van der Waals surface area contributed by atoms with Gasteiger partial charge in [0, 0.05) is 23.1 Å². The Morgan fingerprint density at radius 1 is 0.960 bits per heavy atom. The largest absolute Gasteiger partial charge is 0.478 e. The van der Waals surface area contributed by atoms with E-state index in [1.165, 1.54) is 0 Å². The Labute approximate surface area is 145 Å². The predicted octanol–water partition coefficient (Wildman–Crippen LogP) is 4.28. The highest BCUT2D eigenvalue weighted by Gasteiger charge is 2.07. The molecule has 1 aromatic heterocycles. The maximum Gasteiger partial charge on any atom is 0.335 e. The monoisotopic (exact) mass is 334 g/mol. The van der Waals surface area contributed by atoms with E-state index in [4.69, 9.17) is 5.11 Å². The van der Waals surface area contributed by atoms with Gasteiger partial charge in [0.1, 0.15) is 5.82 Å². The summed E-state index contributed by atoms with van der Waals surface area (Å²) in [6.07, 6.45) is 0. The van der Waals surface area contributed by atoms with Crippen LogP contribution in [0.4, 0.5) is 23.1 Å². The van der Waals surface area contributed by atoms with Gasteiger partial charge < -0.3 is 15.7 Å². The molecule has 1 heterocycles. The normalized spacial score (nSPS) is 10.3. The summed E-state index contributed by atoms with van der Waals surface area (Å²) in [5, 5.41) is 15.4. The molecule has 0 aliphatic carbocycles. The number of hydrogen-bond donors (Lipinski definition) is 3. The number of nitrogens with zero attached hydrogens (tertiary/aromatic N) is 2. The van der Waals surface area contributed by atoms with Gasteiger partial charge >= 0.3 is 5.97 Å². The molecule has 0 aliphatic rings. The third-order valence-electron chi connectivity index (χ3n) is 3.63. The summed E-state index contributed by atoms with van der Waals surface area (Å²) in [6.45, 7) is 3.89. The average Bonchev–Trinajstić information content (AvgIpc) is 2.57. The van der Waals surface area contributed by atoms with Crippen molar-refractivity contribution < 1.29 is 9.90 Å². The Morgan fingerprint density at radius 3 is 2.52 bits per heavy atom. The second-order valence-electron chi connectivity index (χ2n) is 5.67. The van der Waals surface area contributed by atoms with E-state index >= 15 is 0 Å². The molecule has 0 saturated carbocycles. The number of aromatic carboxylic acids is 1. The van der Waals surface area contributed by atoms with Crippen molar-refractivity contribution in [1.29, 1.82) is 0 Å². The molecule has 0 aliphatic heterocycles. The van der Waals surface area contributed by atoms with Crippen LogP contribution in [0.5, 0.6) is 0 Å². The van der Waals surface area contributed by atoms with Crippen LogP contribution in [-0.4, -0.2) is 21.0 Å². The van der Waals surface area contributed by atoms with Gasteiger partial charge in [-0.2, -0.15) is 4.98 Å². The van der Waals surface area contributed by atoms with Crippen molar-refractivity contribution in [2.75, 3.05) is 10.6 Å². The van der Waals surface area contributed by atoms with E-state index in [1.807, 2.05) is 38.1 Å². The first-order valence-corrected chi connectivity index (χ1v) is 7.80. The van der Waals surface area contributed by atoms with Gasteiger partial charge in [0.15, 0.2) is 0 Å². The van der Waals surface area contributed by atoms with Crippen LogP contribution in [0, 0.1) is 13.8 Å². The topological polar surface area (TPSA) is 87.1 Å². The highest BCUT2D eigenvalue weighted by molar-refractivity contribution is 5.89. The SMILES string of the molecule is Cc1cc(Nc2cccc(C(=O)O)c2)nc(Nc2ccccc2C)n1. The Hall–Kier alpha value is -3.41. The summed E-state index contributed by atoms with van der Waals surface area (Å²) in [5.74, 6) is 0.0988. The molecule has 2 aromatic carbocycles. The van der Waals surface area contributed by atoms with Crippen LogP contribution in [0.2, 0.25) is 0 Å². The predicted molar refractivity (Wildman–Crippen MR) is 97.9 cm³/mol. The van der Waals surface area contributed by atoms with Gasteiger partial charge in [-0.05, 0) is 43.7 Å². The molecule has 0 bridgehead atoms. The number of hydrogen-bond acceptors (Lipinski definition) is 5. The third kappa shape index (κ3) is 4.11. The molecule has 0 spiro atoms. The first-order valence-electron chi connectivity index (χ1n) is 7.80. The van der Waals surface area contributed by atoms with Crippen molar-refractivity contribution in [3.05, 3.63) is 71.4 Å². The van der Waals surface area contributed by atoms with Crippen LogP contribution < -0.4 is 10.6 Å². The summed E-state index contributed by atoms with van der Waals surface area (Å²) < 4.78 is 0. The summed E-state index contributed by atoms with van der Waals surface area (Å²) in [5.41, 5.74) is 3.69. The van der Waals surface area contributed by atoms with Crippen LogP contribution in [-0.2, 0) is 0 Å². The number of aryl methyl sites for hydroxylation is 2. The molecular formula is C19H18N4O2. The fraction of sp³-hybridized carbons (Fsp3) is 0.105. The van der Waals surface area contributed by atoms with Crippen LogP contribution >= 0.6 is 0 Å². The Morgan fingerprint density at radius 2 is 1.76 bits per heavy atom. The van der Waals surface area contributed by atoms with E-state index in [-0.39, 0.29) is 5.56 Å². The number of nitrogens with one attached hydrogen (secondary N) is 2. The molecule has 25 heavy (non-hydrogen) atoms.